The van der Waals surface area contributed by atoms with Gasteiger partial charge in [-0.2, -0.15) is 0 Å². The molecule has 0 saturated heterocycles. The van der Waals surface area contributed by atoms with E-state index in [9.17, 15) is 9.90 Å². The Labute approximate surface area is 78.6 Å². The lowest BCUT2D eigenvalue weighted by Gasteiger charge is -2.04. The van der Waals surface area contributed by atoms with Crippen LogP contribution in [0.4, 0.5) is 0 Å². The maximum absolute atomic E-state index is 10.6. The number of aliphatic carboxylic acids is 1. The summed E-state index contributed by atoms with van der Waals surface area (Å²) in [5, 5.41) is 17.9. The second-order valence-corrected chi connectivity index (χ2v) is 2.79. The zero-order valence-corrected chi connectivity index (χ0v) is 7.04. The van der Waals surface area contributed by atoms with Crippen molar-refractivity contribution in [3.05, 3.63) is 30.2 Å². The number of fused-ring (bicyclic) bond motifs is 1. The molecule has 0 aliphatic carbocycles. The summed E-state index contributed by atoms with van der Waals surface area (Å²) in [6.07, 6.45) is -0.366. The van der Waals surface area contributed by atoms with Gasteiger partial charge in [-0.3, -0.25) is 0 Å². The van der Waals surface area contributed by atoms with Crippen molar-refractivity contribution >= 4 is 17.1 Å². The van der Waals surface area contributed by atoms with Gasteiger partial charge in [-0.1, -0.05) is 12.1 Å². The van der Waals surface area contributed by atoms with Gasteiger partial charge in [-0.05, 0) is 6.07 Å². The highest BCUT2D eigenvalue weighted by molar-refractivity contribution is 5.83. The second kappa shape index (κ2) is 3.12. The van der Waals surface area contributed by atoms with Crippen LogP contribution in [0.2, 0.25) is 0 Å². The molecule has 2 rings (SSSR count). The molecule has 0 bridgehead atoms. The molecule has 1 heterocycles. The van der Waals surface area contributed by atoms with Gasteiger partial charge in [0.1, 0.15) is 5.52 Å². The van der Waals surface area contributed by atoms with Crippen molar-refractivity contribution in [3.63, 3.8) is 0 Å². The van der Waals surface area contributed by atoms with Crippen molar-refractivity contribution in [1.29, 1.82) is 0 Å². The number of nitrogens with zero attached hydrogens (tertiary/aromatic N) is 1. The average Bonchev–Trinajstić information content (AvgIpc) is 2.63. The fraction of sp³-hybridized carbons (Fsp3) is 0.111. The van der Waals surface area contributed by atoms with E-state index in [1.807, 2.05) is 0 Å². The molecule has 1 unspecified atom stereocenters. The molecule has 5 heteroatoms. The Morgan fingerprint density at radius 3 is 3.00 bits per heavy atom. The maximum Gasteiger partial charge on any atom is 0.337 e. The predicted octanol–water partition coefficient (Wildman–Crippen LogP) is 0.946. The molecule has 0 amide bonds. The van der Waals surface area contributed by atoms with E-state index in [0.29, 0.717) is 11.1 Å². The number of benzene rings is 1. The standard InChI is InChI=1S/C9H7NO4/c11-7(9(12)13)5-2-1-3-6-8(5)14-4-10-6/h1-4,7,11H,(H,12,13). The number of carboxylic acids is 1. The van der Waals surface area contributed by atoms with Crippen LogP contribution in [0, 0.1) is 0 Å². The molecule has 1 aromatic carbocycles. The minimum atomic E-state index is -1.58. The Kier molecular flexibility index (Phi) is 1.94. The Morgan fingerprint density at radius 2 is 2.29 bits per heavy atom. The fourth-order valence-electron chi connectivity index (χ4n) is 1.26. The van der Waals surface area contributed by atoms with Crippen LogP contribution < -0.4 is 0 Å². The number of hydrogen-bond acceptors (Lipinski definition) is 4. The van der Waals surface area contributed by atoms with Gasteiger partial charge in [0.2, 0.25) is 0 Å². The minimum Gasteiger partial charge on any atom is -0.479 e. The number of aliphatic hydroxyl groups is 1. The number of rotatable bonds is 2. The van der Waals surface area contributed by atoms with Crippen molar-refractivity contribution in [2.45, 2.75) is 6.10 Å². The summed E-state index contributed by atoms with van der Waals surface area (Å²) >= 11 is 0. The molecule has 14 heavy (non-hydrogen) atoms. The summed E-state index contributed by atoms with van der Waals surface area (Å²) in [6, 6.07) is 4.79. The van der Waals surface area contributed by atoms with E-state index in [1.54, 1.807) is 12.1 Å². The van der Waals surface area contributed by atoms with Crippen molar-refractivity contribution in [2.75, 3.05) is 0 Å². The molecule has 1 atom stereocenters. The van der Waals surface area contributed by atoms with Crippen LogP contribution >= 0.6 is 0 Å². The highest BCUT2D eigenvalue weighted by atomic mass is 16.4. The lowest BCUT2D eigenvalue weighted by molar-refractivity contribution is -0.146. The van der Waals surface area contributed by atoms with Gasteiger partial charge in [0, 0.05) is 5.56 Å². The Bertz CT molecular complexity index is 476. The first-order valence-corrected chi connectivity index (χ1v) is 3.93. The lowest BCUT2D eigenvalue weighted by Crippen LogP contribution is -2.10. The third kappa shape index (κ3) is 1.23. The summed E-state index contributed by atoms with van der Waals surface area (Å²) in [6.45, 7) is 0. The largest absolute Gasteiger partial charge is 0.479 e. The Hall–Kier alpha value is -1.88. The monoisotopic (exact) mass is 193 g/mol. The van der Waals surface area contributed by atoms with E-state index in [2.05, 4.69) is 4.98 Å². The zero-order valence-electron chi connectivity index (χ0n) is 7.04. The van der Waals surface area contributed by atoms with E-state index >= 15 is 0 Å². The van der Waals surface area contributed by atoms with Crippen LogP contribution in [-0.2, 0) is 4.79 Å². The Morgan fingerprint density at radius 1 is 1.50 bits per heavy atom. The first-order valence-electron chi connectivity index (χ1n) is 3.93. The van der Waals surface area contributed by atoms with Gasteiger partial charge in [0.05, 0.1) is 0 Å². The van der Waals surface area contributed by atoms with E-state index in [4.69, 9.17) is 9.52 Å². The number of aliphatic hydroxyl groups excluding tert-OH is 1. The molecular weight excluding hydrogens is 186 g/mol. The molecule has 5 nitrogen and oxygen atoms in total. The minimum absolute atomic E-state index is 0.215. The van der Waals surface area contributed by atoms with Crippen LogP contribution in [0.15, 0.2) is 29.0 Å². The molecule has 72 valence electrons. The van der Waals surface area contributed by atoms with E-state index in [1.165, 1.54) is 12.5 Å². The van der Waals surface area contributed by atoms with Gasteiger partial charge in [-0.25, -0.2) is 9.78 Å². The van der Waals surface area contributed by atoms with Crippen molar-refractivity contribution in [3.8, 4) is 0 Å². The van der Waals surface area contributed by atoms with Crippen LogP contribution in [0.3, 0.4) is 0 Å². The first-order chi connectivity index (χ1) is 6.70. The topological polar surface area (TPSA) is 83.6 Å². The van der Waals surface area contributed by atoms with Gasteiger partial charge in [0.15, 0.2) is 18.1 Å². The van der Waals surface area contributed by atoms with Crippen LogP contribution in [0.25, 0.3) is 11.1 Å². The second-order valence-electron chi connectivity index (χ2n) is 2.79. The molecule has 0 fully saturated rings. The highest BCUT2D eigenvalue weighted by Crippen LogP contribution is 2.23. The molecule has 0 aliphatic rings. The number of hydrogen-bond donors (Lipinski definition) is 2. The van der Waals surface area contributed by atoms with Crippen LogP contribution in [-0.4, -0.2) is 21.2 Å². The number of aromatic nitrogens is 1. The van der Waals surface area contributed by atoms with Crippen molar-refractivity contribution in [2.24, 2.45) is 0 Å². The number of oxazole rings is 1. The van der Waals surface area contributed by atoms with Crippen LogP contribution in [0.5, 0.6) is 0 Å². The van der Waals surface area contributed by atoms with Gasteiger partial charge < -0.3 is 14.6 Å². The Balaban J connectivity index is 2.61. The van der Waals surface area contributed by atoms with Gasteiger partial charge in [0.25, 0.3) is 0 Å². The quantitative estimate of drug-likeness (QED) is 0.741. The molecule has 0 saturated carbocycles. The first kappa shape index (κ1) is 8.71. The number of carbonyl (C=O) groups is 1. The smallest absolute Gasteiger partial charge is 0.337 e. The normalized spacial score (nSPS) is 12.9. The van der Waals surface area contributed by atoms with E-state index in [0.717, 1.165) is 0 Å². The van der Waals surface area contributed by atoms with Gasteiger partial charge in [-0.15, -0.1) is 0 Å². The number of para-hydroxylation sites is 1. The summed E-state index contributed by atoms with van der Waals surface area (Å²) < 4.78 is 4.99. The lowest BCUT2D eigenvalue weighted by atomic mass is 10.1. The molecule has 1 aromatic heterocycles. The maximum atomic E-state index is 10.6. The van der Waals surface area contributed by atoms with E-state index in [-0.39, 0.29) is 5.56 Å². The summed E-state index contributed by atoms with van der Waals surface area (Å²) in [5.41, 5.74) is 1.05. The van der Waals surface area contributed by atoms with Crippen molar-refractivity contribution in [1.82, 2.24) is 4.98 Å². The molecule has 2 aromatic rings. The zero-order chi connectivity index (χ0) is 10.1. The van der Waals surface area contributed by atoms with E-state index < -0.39 is 12.1 Å². The number of carboxylic acid groups (broad SMARTS) is 1. The van der Waals surface area contributed by atoms with Crippen LogP contribution in [0.1, 0.15) is 11.7 Å². The summed E-state index contributed by atoms with van der Waals surface area (Å²) in [5.74, 6) is -1.31. The average molecular weight is 193 g/mol. The SMILES string of the molecule is O=C(O)C(O)c1cccc2ncoc12. The molecule has 0 spiro atoms. The predicted molar refractivity (Wildman–Crippen MR) is 46.6 cm³/mol. The molecule has 2 N–H and O–H groups in total. The highest BCUT2D eigenvalue weighted by Gasteiger charge is 2.20. The third-order valence-electron chi connectivity index (χ3n) is 1.92. The molecule has 0 aliphatic heterocycles. The van der Waals surface area contributed by atoms with Crippen molar-refractivity contribution < 1.29 is 19.4 Å². The summed E-state index contributed by atoms with van der Waals surface area (Å²) in [7, 11) is 0. The summed E-state index contributed by atoms with van der Waals surface area (Å²) in [4.78, 5) is 14.4. The van der Waals surface area contributed by atoms with Gasteiger partial charge >= 0.3 is 5.97 Å². The molecular formula is C9H7NO4. The third-order valence-corrected chi connectivity index (χ3v) is 1.92. The fourth-order valence-corrected chi connectivity index (χ4v) is 1.26. The molecule has 0 radical (unpaired) electrons.